The molecule has 2 rings (SSSR count). The average Bonchev–Trinajstić information content (AvgIpc) is 2.79. The fourth-order valence-electron chi connectivity index (χ4n) is 3.51. The number of para-hydroxylation sites is 1. The van der Waals surface area contributed by atoms with Gasteiger partial charge in [0, 0.05) is 17.6 Å². The Hall–Kier alpha value is -1.81. The van der Waals surface area contributed by atoms with Gasteiger partial charge < -0.3 is 10.2 Å². The molecule has 0 unspecified atom stereocenters. The van der Waals surface area contributed by atoms with Crippen molar-refractivity contribution in [3.63, 3.8) is 0 Å². The van der Waals surface area contributed by atoms with Crippen molar-refractivity contribution in [1.82, 2.24) is 10.2 Å². The number of benzene rings is 2. The zero-order chi connectivity index (χ0) is 26.2. The van der Waals surface area contributed by atoms with Crippen LogP contribution in [0.3, 0.4) is 0 Å². The number of nitrogens with one attached hydrogen (secondary N) is 1. The fraction of sp³-hybridized carbons (Fsp3) is 0.417. The Balaban J connectivity index is 2.44. The SMILES string of the molecule is CCCCNC(=O)[C@H](CC)N(Cc1ccc(Cl)c(Cl)c1)C(=O)CN(c1ccccc1Br)S(C)(=O)=O. The van der Waals surface area contributed by atoms with Gasteiger partial charge in [-0.25, -0.2) is 8.42 Å². The minimum Gasteiger partial charge on any atom is -0.354 e. The van der Waals surface area contributed by atoms with Gasteiger partial charge in [0.2, 0.25) is 21.8 Å². The Labute approximate surface area is 225 Å². The maximum Gasteiger partial charge on any atom is 0.244 e. The van der Waals surface area contributed by atoms with Gasteiger partial charge >= 0.3 is 0 Å². The van der Waals surface area contributed by atoms with E-state index in [1.54, 1.807) is 49.4 Å². The van der Waals surface area contributed by atoms with Crippen LogP contribution in [-0.4, -0.2) is 50.5 Å². The summed E-state index contributed by atoms with van der Waals surface area (Å²) in [6, 6.07) is 10.9. The van der Waals surface area contributed by atoms with Crippen LogP contribution in [0.25, 0.3) is 0 Å². The second-order valence-electron chi connectivity index (χ2n) is 8.06. The van der Waals surface area contributed by atoms with Crippen molar-refractivity contribution in [3.8, 4) is 0 Å². The van der Waals surface area contributed by atoms with Crippen molar-refractivity contribution in [2.45, 2.75) is 45.7 Å². The molecule has 0 bridgehead atoms. The maximum atomic E-state index is 13.6. The third-order valence-corrected chi connectivity index (χ3v) is 7.89. The summed E-state index contributed by atoms with van der Waals surface area (Å²) in [6.45, 7) is 3.91. The number of hydrogen-bond acceptors (Lipinski definition) is 4. The quantitative estimate of drug-likeness (QED) is 0.335. The summed E-state index contributed by atoms with van der Waals surface area (Å²) < 4.78 is 26.9. The lowest BCUT2D eigenvalue weighted by atomic mass is 10.1. The normalized spacial score (nSPS) is 12.2. The number of hydrogen-bond donors (Lipinski definition) is 1. The first-order valence-corrected chi connectivity index (χ1v) is 14.6. The van der Waals surface area contributed by atoms with Gasteiger partial charge in [0.15, 0.2) is 0 Å². The molecule has 0 spiro atoms. The van der Waals surface area contributed by atoms with Gasteiger partial charge in [0.25, 0.3) is 0 Å². The van der Waals surface area contributed by atoms with Gasteiger partial charge in [0.1, 0.15) is 12.6 Å². The van der Waals surface area contributed by atoms with Crippen LogP contribution in [0.15, 0.2) is 46.9 Å². The molecule has 192 valence electrons. The lowest BCUT2D eigenvalue weighted by Gasteiger charge is -2.33. The van der Waals surface area contributed by atoms with Crippen molar-refractivity contribution in [2.75, 3.05) is 23.7 Å². The number of carbonyl (C=O) groups is 2. The Morgan fingerprint density at radius 1 is 1.09 bits per heavy atom. The number of carbonyl (C=O) groups excluding carboxylic acids is 2. The predicted molar refractivity (Wildman–Crippen MR) is 145 cm³/mol. The van der Waals surface area contributed by atoms with E-state index >= 15 is 0 Å². The molecule has 0 aliphatic rings. The minimum absolute atomic E-state index is 0.0585. The van der Waals surface area contributed by atoms with E-state index in [0.717, 1.165) is 23.4 Å². The maximum absolute atomic E-state index is 13.6. The molecule has 1 atom stereocenters. The van der Waals surface area contributed by atoms with Crippen molar-refractivity contribution >= 4 is 66.7 Å². The van der Waals surface area contributed by atoms with E-state index in [-0.39, 0.29) is 12.5 Å². The number of unbranched alkanes of at least 4 members (excludes halogenated alkanes) is 1. The number of amides is 2. The van der Waals surface area contributed by atoms with E-state index in [9.17, 15) is 18.0 Å². The highest BCUT2D eigenvalue weighted by atomic mass is 79.9. The van der Waals surface area contributed by atoms with Gasteiger partial charge in [-0.1, -0.05) is 61.7 Å². The van der Waals surface area contributed by atoms with E-state index in [0.29, 0.717) is 38.7 Å². The monoisotopic (exact) mass is 605 g/mol. The lowest BCUT2D eigenvalue weighted by Crippen LogP contribution is -2.52. The van der Waals surface area contributed by atoms with E-state index < -0.39 is 28.5 Å². The fourth-order valence-corrected chi connectivity index (χ4v) is 5.31. The second-order valence-corrected chi connectivity index (χ2v) is 11.6. The van der Waals surface area contributed by atoms with E-state index in [2.05, 4.69) is 21.2 Å². The molecule has 35 heavy (non-hydrogen) atoms. The van der Waals surface area contributed by atoms with Crippen LogP contribution >= 0.6 is 39.1 Å². The molecule has 11 heteroatoms. The molecule has 0 heterocycles. The summed E-state index contributed by atoms with van der Waals surface area (Å²) >= 11 is 15.6. The topological polar surface area (TPSA) is 86.8 Å². The third-order valence-electron chi connectivity index (χ3n) is 5.35. The molecule has 0 fully saturated rings. The Bertz CT molecular complexity index is 1150. The van der Waals surface area contributed by atoms with Gasteiger partial charge in [-0.2, -0.15) is 0 Å². The first-order chi connectivity index (χ1) is 16.5. The molecular formula is C24H30BrCl2N3O4S. The molecule has 0 saturated heterocycles. The van der Waals surface area contributed by atoms with Crippen molar-refractivity contribution in [2.24, 2.45) is 0 Å². The summed E-state index contributed by atoms with van der Waals surface area (Å²) in [5, 5.41) is 3.57. The third kappa shape index (κ3) is 8.37. The molecule has 1 N–H and O–H groups in total. The first-order valence-electron chi connectivity index (χ1n) is 11.2. The van der Waals surface area contributed by atoms with Gasteiger partial charge in [-0.05, 0) is 58.6 Å². The summed E-state index contributed by atoms with van der Waals surface area (Å²) in [5.74, 6) is -0.809. The number of halogens is 3. The minimum atomic E-state index is -3.81. The Morgan fingerprint density at radius 3 is 2.34 bits per heavy atom. The highest BCUT2D eigenvalue weighted by Crippen LogP contribution is 2.28. The highest BCUT2D eigenvalue weighted by molar-refractivity contribution is 9.10. The van der Waals surface area contributed by atoms with Crippen LogP contribution in [-0.2, 0) is 26.2 Å². The molecule has 2 aromatic rings. The molecule has 0 radical (unpaired) electrons. The zero-order valence-corrected chi connectivity index (χ0v) is 23.8. The smallest absolute Gasteiger partial charge is 0.244 e. The molecule has 0 aliphatic carbocycles. The van der Waals surface area contributed by atoms with Crippen molar-refractivity contribution in [3.05, 3.63) is 62.5 Å². The van der Waals surface area contributed by atoms with Crippen LogP contribution in [0.5, 0.6) is 0 Å². The van der Waals surface area contributed by atoms with Crippen molar-refractivity contribution < 1.29 is 18.0 Å². The summed E-state index contributed by atoms with van der Waals surface area (Å²) in [5.41, 5.74) is 0.998. The molecular weight excluding hydrogens is 577 g/mol. The second kappa shape index (κ2) is 13.5. The van der Waals surface area contributed by atoms with Gasteiger partial charge in [-0.3, -0.25) is 13.9 Å². The highest BCUT2D eigenvalue weighted by Gasteiger charge is 2.32. The first kappa shape index (κ1) is 29.4. The number of anilines is 1. The number of nitrogens with zero attached hydrogens (tertiary/aromatic N) is 2. The van der Waals surface area contributed by atoms with E-state index in [1.165, 1.54) is 4.90 Å². The largest absolute Gasteiger partial charge is 0.354 e. The van der Waals surface area contributed by atoms with Crippen LogP contribution in [0.2, 0.25) is 10.0 Å². The Morgan fingerprint density at radius 2 is 1.77 bits per heavy atom. The Kier molecular flexibility index (Phi) is 11.3. The predicted octanol–water partition coefficient (Wildman–Crippen LogP) is 5.25. The van der Waals surface area contributed by atoms with Gasteiger partial charge in [0.05, 0.1) is 22.0 Å². The lowest BCUT2D eigenvalue weighted by molar-refractivity contribution is -0.140. The van der Waals surface area contributed by atoms with E-state index in [4.69, 9.17) is 23.2 Å². The number of sulfonamides is 1. The molecule has 2 amide bonds. The van der Waals surface area contributed by atoms with E-state index in [1.807, 2.05) is 6.92 Å². The molecule has 0 saturated carbocycles. The summed E-state index contributed by atoms with van der Waals surface area (Å²) in [7, 11) is -3.81. The average molecular weight is 607 g/mol. The zero-order valence-electron chi connectivity index (χ0n) is 19.9. The molecule has 0 aromatic heterocycles. The summed E-state index contributed by atoms with van der Waals surface area (Å²) in [6.07, 6.45) is 3.11. The summed E-state index contributed by atoms with van der Waals surface area (Å²) in [4.78, 5) is 28.1. The van der Waals surface area contributed by atoms with Crippen molar-refractivity contribution in [1.29, 1.82) is 0 Å². The molecule has 2 aromatic carbocycles. The van der Waals surface area contributed by atoms with Crippen LogP contribution in [0.1, 0.15) is 38.7 Å². The van der Waals surface area contributed by atoms with Gasteiger partial charge in [-0.15, -0.1) is 0 Å². The number of rotatable bonds is 12. The molecule has 7 nitrogen and oxygen atoms in total. The van der Waals surface area contributed by atoms with Crippen LogP contribution in [0, 0.1) is 0 Å². The molecule has 0 aliphatic heterocycles. The standard InChI is InChI=1S/C24H30BrCl2N3O4S/c1-4-6-13-28-24(32)21(5-2)29(15-17-11-12-19(26)20(27)14-17)23(31)16-30(35(3,33)34)22-10-8-7-9-18(22)25/h7-12,14,21H,4-6,13,15-16H2,1-3H3,(H,28,32)/t21-/m0/s1. The van der Waals surface area contributed by atoms with Crippen LogP contribution < -0.4 is 9.62 Å². The van der Waals surface area contributed by atoms with Crippen LogP contribution in [0.4, 0.5) is 5.69 Å².